The Labute approximate surface area is 86.2 Å². The van der Waals surface area contributed by atoms with Gasteiger partial charge in [-0.15, -0.1) is 0 Å². The Morgan fingerprint density at radius 2 is 2.07 bits per heavy atom. The van der Waals surface area contributed by atoms with Crippen molar-refractivity contribution in [2.75, 3.05) is 20.3 Å². The second kappa shape index (κ2) is 5.98. The Balaban J connectivity index is 3.74. The van der Waals surface area contributed by atoms with E-state index in [1.54, 1.807) is 7.11 Å². The summed E-state index contributed by atoms with van der Waals surface area (Å²) in [5.74, 6) is -0.0893. The third-order valence-electron chi connectivity index (χ3n) is 2.04. The molecule has 3 N–H and O–H groups in total. The van der Waals surface area contributed by atoms with Gasteiger partial charge < -0.3 is 15.8 Å². The van der Waals surface area contributed by atoms with Crippen molar-refractivity contribution in [1.29, 1.82) is 0 Å². The average Bonchev–Trinajstić information content (AvgIpc) is 2.09. The van der Waals surface area contributed by atoms with Crippen LogP contribution in [0.25, 0.3) is 0 Å². The lowest BCUT2D eigenvalue weighted by Gasteiger charge is -2.25. The molecule has 0 saturated carbocycles. The standard InChI is InChI=1S/C10H22N2O2/c1-10(2,3)8(11)9(13)12-6-5-7-14-4/h8H,5-7,11H2,1-4H3,(H,12,13)/t8-/m0/s1. The minimum Gasteiger partial charge on any atom is -0.385 e. The first-order valence-corrected chi connectivity index (χ1v) is 4.92. The molecule has 84 valence electrons. The summed E-state index contributed by atoms with van der Waals surface area (Å²) in [4.78, 5) is 11.5. The smallest absolute Gasteiger partial charge is 0.237 e. The lowest BCUT2D eigenvalue weighted by Crippen LogP contribution is -2.48. The Morgan fingerprint density at radius 3 is 2.50 bits per heavy atom. The molecule has 0 saturated heterocycles. The molecule has 0 unspecified atom stereocenters. The number of nitrogens with one attached hydrogen (secondary N) is 1. The molecule has 0 aliphatic heterocycles. The van der Waals surface area contributed by atoms with Gasteiger partial charge in [-0.3, -0.25) is 4.79 Å². The first kappa shape index (κ1) is 13.4. The molecule has 0 rings (SSSR count). The molecule has 1 amide bonds. The van der Waals surface area contributed by atoms with E-state index in [9.17, 15) is 4.79 Å². The van der Waals surface area contributed by atoms with E-state index in [0.29, 0.717) is 13.2 Å². The molecule has 14 heavy (non-hydrogen) atoms. The molecule has 0 aromatic rings. The highest BCUT2D eigenvalue weighted by molar-refractivity contribution is 5.82. The summed E-state index contributed by atoms with van der Waals surface area (Å²) in [6.45, 7) is 7.13. The summed E-state index contributed by atoms with van der Waals surface area (Å²) in [6, 6.07) is -0.454. The summed E-state index contributed by atoms with van der Waals surface area (Å²) in [6.07, 6.45) is 0.819. The molecule has 0 heterocycles. The van der Waals surface area contributed by atoms with Crippen LogP contribution in [0.15, 0.2) is 0 Å². The summed E-state index contributed by atoms with van der Waals surface area (Å²) < 4.78 is 4.87. The van der Waals surface area contributed by atoms with Gasteiger partial charge in [0, 0.05) is 20.3 Å². The molecule has 4 nitrogen and oxygen atoms in total. The minimum atomic E-state index is -0.454. The number of rotatable bonds is 5. The first-order chi connectivity index (χ1) is 6.39. The van der Waals surface area contributed by atoms with Crippen molar-refractivity contribution in [3.05, 3.63) is 0 Å². The third-order valence-corrected chi connectivity index (χ3v) is 2.04. The van der Waals surface area contributed by atoms with Crippen LogP contribution in [0.5, 0.6) is 0 Å². The van der Waals surface area contributed by atoms with Crippen molar-refractivity contribution in [3.63, 3.8) is 0 Å². The largest absolute Gasteiger partial charge is 0.385 e. The van der Waals surface area contributed by atoms with Crippen molar-refractivity contribution >= 4 is 5.91 Å². The minimum absolute atomic E-state index is 0.0893. The van der Waals surface area contributed by atoms with Gasteiger partial charge in [-0.2, -0.15) is 0 Å². The summed E-state index contributed by atoms with van der Waals surface area (Å²) in [5.41, 5.74) is 5.58. The highest BCUT2D eigenvalue weighted by atomic mass is 16.5. The predicted octanol–water partition coefficient (Wildman–Crippen LogP) is 0.513. The van der Waals surface area contributed by atoms with Crippen LogP contribution in [-0.4, -0.2) is 32.2 Å². The van der Waals surface area contributed by atoms with E-state index >= 15 is 0 Å². The summed E-state index contributed by atoms with van der Waals surface area (Å²) in [7, 11) is 1.64. The number of nitrogens with two attached hydrogens (primary N) is 1. The van der Waals surface area contributed by atoms with Crippen LogP contribution in [0.3, 0.4) is 0 Å². The Morgan fingerprint density at radius 1 is 1.50 bits per heavy atom. The normalized spacial score (nSPS) is 13.8. The van der Waals surface area contributed by atoms with Crippen molar-refractivity contribution in [2.45, 2.75) is 33.2 Å². The van der Waals surface area contributed by atoms with Crippen LogP contribution in [0.4, 0.5) is 0 Å². The van der Waals surface area contributed by atoms with Gasteiger partial charge in [0.2, 0.25) is 5.91 Å². The van der Waals surface area contributed by atoms with Gasteiger partial charge in [0.15, 0.2) is 0 Å². The average molecular weight is 202 g/mol. The number of carbonyl (C=O) groups excluding carboxylic acids is 1. The van der Waals surface area contributed by atoms with Crippen LogP contribution in [0, 0.1) is 5.41 Å². The molecule has 0 aromatic heterocycles. The fourth-order valence-corrected chi connectivity index (χ4v) is 0.931. The molecule has 0 spiro atoms. The lowest BCUT2D eigenvalue weighted by atomic mass is 9.87. The quantitative estimate of drug-likeness (QED) is 0.639. The van der Waals surface area contributed by atoms with Gasteiger partial charge in [-0.25, -0.2) is 0 Å². The zero-order valence-corrected chi connectivity index (χ0v) is 9.59. The van der Waals surface area contributed by atoms with E-state index in [1.165, 1.54) is 0 Å². The molecule has 4 heteroatoms. The highest BCUT2D eigenvalue weighted by Crippen LogP contribution is 2.16. The maximum atomic E-state index is 11.5. The number of hydrogen-bond donors (Lipinski definition) is 2. The van der Waals surface area contributed by atoms with E-state index in [4.69, 9.17) is 10.5 Å². The summed E-state index contributed by atoms with van der Waals surface area (Å²) in [5, 5.41) is 2.78. The van der Waals surface area contributed by atoms with Crippen LogP contribution in [0.1, 0.15) is 27.2 Å². The van der Waals surface area contributed by atoms with Crippen molar-refractivity contribution in [3.8, 4) is 0 Å². The number of amides is 1. The Bertz CT molecular complexity index is 175. The Hall–Kier alpha value is -0.610. The topological polar surface area (TPSA) is 64.3 Å². The number of carbonyl (C=O) groups is 1. The van der Waals surface area contributed by atoms with Crippen molar-refractivity contribution in [2.24, 2.45) is 11.1 Å². The maximum absolute atomic E-state index is 11.5. The van der Waals surface area contributed by atoms with E-state index in [-0.39, 0.29) is 11.3 Å². The number of methoxy groups -OCH3 is 1. The van der Waals surface area contributed by atoms with Crippen LogP contribution >= 0.6 is 0 Å². The predicted molar refractivity (Wildman–Crippen MR) is 56.9 cm³/mol. The fraction of sp³-hybridized carbons (Fsp3) is 0.900. The highest BCUT2D eigenvalue weighted by Gasteiger charge is 2.26. The maximum Gasteiger partial charge on any atom is 0.237 e. The van der Waals surface area contributed by atoms with Crippen molar-refractivity contribution in [1.82, 2.24) is 5.32 Å². The first-order valence-electron chi connectivity index (χ1n) is 4.92. The lowest BCUT2D eigenvalue weighted by molar-refractivity contribution is -0.124. The number of ether oxygens (including phenoxy) is 1. The Kier molecular flexibility index (Phi) is 5.72. The monoisotopic (exact) mass is 202 g/mol. The van der Waals surface area contributed by atoms with E-state index < -0.39 is 6.04 Å². The summed E-state index contributed by atoms with van der Waals surface area (Å²) >= 11 is 0. The van der Waals surface area contributed by atoms with Gasteiger partial charge in [-0.05, 0) is 11.8 Å². The van der Waals surface area contributed by atoms with Crippen molar-refractivity contribution < 1.29 is 9.53 Å². The van der Waals surface area contributed by atoms with Gasteiger partial charge in [-0.1, -0.05) is 20.8 Å². The second-order valence-electron chi connectivity index (χ2n) is 4.48. The van der Waals surface area contributed by atoms with E-state index in [2.05, 4.69) is 5.32 Å². The second-order valence-corrected chi connectivity index (χ2v) is 4.48. The van der Waals surface area contributed by atoms with Gasteiger partial charge in [0.05, 0.1) is 6.04 Å². The van der Waals surface area contributed by atoms with Crippen LogP contribution < -0.4 is 11.1 Å². The molecule has 0 radical (unpaired) electrons. The molecule has 0 aliphatic carbocycles. The van der Waals surface area contributed by atoms with E-state index in [0.717, 1.165) is 6.42 Å². The molecule has 0 aliphatic rings. The third kappa shape index (κ3) is 5.19. The zero-order valence-electron chi connectivity index (χ0n) is 9.59. The zero-order chi connectivity index (χ0) is 11.2. The SMILES string of the molecule is COCCCNC(=O)[C@H](N)C(C)(C)C. The van der Waals surface area contributed by atoms with Crippen LogP contribution in [-0.2, 0) is 9.53 Å². The molecule has 0 fully saturated rings. The fourth-order valence-electron chi connectivity index (χ4n) is 0.931. The number of hydrogen-bond acceptors (Lipinski definition) is 3. The van der Waals surface area contributed by atoms with Crippen LogP contribution in [0.2, 0.25) is 0 Å². The molecule has 1 atom stereocenters. The molecule has 0 bridgehead atoms. The van der Waals surface area contributed by atoms with Gasteiger partial charge >= 0.3 is 0 Å². The molecule has 0 aromatic carbocycles. The van der Waals surface area contributed by atoms with Gasteiger partial charge in [0.1, 0.15) is 0 Å². The van der Waals surface area contributed by atoms with Gasteiger partial charge in [0.25, 0.3) is 0 Å². The van der Waals surface area contributed by atoms with E-state index in [1.807, 2.05) is 20.8 Å². The molecular formula is C10H22N2O2. The molecular weight excluding hydrogens is 180 g/mol.